The zero-order valence-corrected chi connectivity index (χ0v) is 18.4. The summed E-state index contributed by atoms with van der Waals surface area (Å²) in [5.41, 5.74) is 2.76. The van der Waals surface area contributed by atoms with E-state index >= 15 is 0 Å². The van der Waals surface area contributed by atoms with Crippen LogP contribution >= 0.6 is 0 Å². The molecule has 0 fully saturated rings. The molecule has 0 saturated carbocycles. The number of carbonyl (C=O) groups is 1. The summed E-state index contributed by atoms with van der Waals surface area (Å²) < 4.78 is 30.7. The number of nitrogens with zero attached hydrogens (tertiary/aromatic N) is 1. The molecule has 0 saturated heterocycles. The SMILES string of the molecule is COc1cc2c(cc1OC)C(C(C)NC(=O)c1ccco1)N(Cc1ccccc1F)CC2. The lowest BCUT2D eigenvalue weighted by Crippen LogP contribution is -2.47. The number of amides is 1. The first-order chi connectivity index (χ1) is 15.5. The predicted octanol–water partition coefficient (Wildman–Crippen LogP) is 4.35. The summed E-state index contributed by atoms with van der Waals surface area (Å²) in [6.07, 6.45) is 2.25. The molecule has 4 rings (SSSR count). The second-order valence-corrected chi connectivity index (χ2v) is 7.90. The molecule has 1 N–H and O–H groups in total. The Labute approximate surface area is 186 Å². The van der Waals surface area contributed by atoms with E-state index in [2.05, 4.69) is 10.2 Å². The maximum absolute atomic E-state index is 14.4. The van der Waals surface area contributed by atoms with Crippen LogP contribution in [0.4, 0.5) is 4.39 Å². The number of rotatable bonds is 7. The Kier molecular flexibility index (Phi) is 6.46. The van der Waals surface area contributed by atoms with Crippen LogP contribution in [0.5, 0.6) is 11.5 Å². The van der Waals surface area contributed by atoms with Gasteiger partial charge < -0.3 is 19.2 Å². The van der Waals surface area contributed by atoms with Gasteiger partial charge in [-0.15, -0.1) is 0 Å². The molecule has 2 atom stereocenters. The number of fused-ring (bicyclic) bond motifs is 1. The van der Waals surface area contributed by atoms with Crippen LogP contribution in [0, 0.1) is 5.82 Å². The van der Waals surface area contributed by atoms with Crippen LogP contribution in [0.25, 0.3) is 0 Å². The van der Waals surface area contributed by atoms with Crippen molar-refractivity contribution in [1.82, 2.24) is 10.2 Å². The highest BCUT2D eigenvalue weighted by molar-refractivity contribution is 5.91. The number of halogens is 1. The van der Waals surface area contributed by atoms with Crippen molar-refractivity contribution in [3.05, 3.63) is 83.1 Å². The predicted molar refractivity (Wildman–Crippen MR) is 118 cm³/mol. The van der Waals surface area contributed by atoms with Gasteiger partial charge in [0.1, 0.15) is 5.82 Å². The van der Waals surface area contributed by atoms with Crippen molar-refractivity contribution in [3.8, 4) is 11.5 Å². The van der Waals surface area contributed by atoms with Crippen molar-refractivity contribution in [2.75, 3.05) is 20.8 Å². The molecule has 0 bridgehead atoms. The van der Waals surface area contributed by atoms with Gasteiger partial charge in [0, 0.05) is 24.7 Å². The van der Waals surface area contributed by atoms with E-state index in [0.29, 0.717) is 30.2 Å². The third-order valence-corrected chi connectivity index (χ3v) is 5.93. The monoisotopic (exact) mass is 438 g/mol. The molecule has 1 aliphatic rings. The van der Waals surface area contributed by atoms with Crippen LogP contribution in [0.1, 0.15) is 40.2 Å². The van der Waals surface area contributed by atoms with Gasteiger partial charge in [-0.2, -0.15) is 0 Å². The van der Waals surface area contributed by atoms with E-state index in [9.17, 15) is 9.18 Å². The Morgan fingerprint density at radius 2 is 1.94 bits per heavy atom. The molecule has 3 aromatic rings. The highest BCUT2D eigenvalue weighted by atomic mass is 19.1. The minimum absolute atomic E-state index is 0.197. The average Bonchev–Trinajstić information content (AvgIpc) is 3.34. The van der Waals surface area contributed by atoms with E-state index in [1.807, 2.05) is 25.1 Å². The Morgan fingerprint density at radius 3 is 2.62 bits per heavy atom. The molecule has 168 valence electrons. The highest BCUT2D eigenvalue weighted by Crippen LogP contribution is 2.40. The second-order valence-electron chi connectivity index (χ2n) is 7.90. The van der Waals surface area contributed by atoms with Gasteiger partial charge >= 0.3 is 0 Å². The van der Waals surface area contributed by atoms with E-state index in [0.717, 1.165) is 17.5 Å². The molecule has 7 heteroatoms. The number of nitrogens with one attached hydrogen (secondary N) is 1. The van der Waals surface area contributed by atoms with E-state index in [1.54, 1.807) is 38.5 Å². The lowest BCUT2D eigenvalue weighted by molar-refractivity contribution is 0.0849. The zero-order valence-electron chi connectivity index (χ0n) is 18.4. The Hall–Kier alpha value is -3.32. The normalized spacial score (nSPS) is 16.8. The van der Waals surface area contributed by atoms with Gasteiger partial charge in [-0.05, 0) is 54.8 Å². The Morgan fingerprint density at radius 1 is 1.19 bits per heavy atom. The number of hydrogen-bond acceptors (Lipinski definition) is 5. The largest absolute Gasteiger partial charge is 0.493 e. The van der Waals surface area contributed by atoms with Gasteiger partial charge in [-0.3, -0.25) is 9.69 Å². The number of benzene rings is 2. The summed E-state index contributed by atoms with van der Waals surface area (Å²) in [6, 6.07) is 13.6. The molecular formula is C25H27FN2O4. The molecular weight excluding hydrogens is 411 g/mol. The topological polar surface area (TPSA) is 63.9 Å². The molecule has 0 aliphatic carbocycles. The molecule has 1 aromatic heterocycles. The molecule has 32 heavy (non-hydrogen) atoms. The summed E-state index contributed by atoms with van der Waals surface area (Å²) in [4.78, 5) is 14.9. The minimum atomic E-state index is -0.291. The number of ether oxygens (including phenoxy) is 2. The molecule has 6 nitrogen and oxygen atoms in total. The Bertz CT molecular complexity index is 1080. The molecule has 2 unspecified atom stereocenters. The second kappa shape index (κ2) is 9.44. The van der Waals surface area contributed by atoms with Crippen molar-refractivity contribution in [3.63, 3.8) is 0 Å². The van der Waals surface area contributed by atoms with Gasteiger partial charge in [0.2, 0.25) is 0 Å². The maximum atomic E-state index is 14.4. The van der Waals surface area contributed by atoms with Crippen molar-refractivity contribution in [2.45, 2.75) is 32.0 Å². The van der Waals surface area contributed by atoms with E-state index < -0.39 is 0 Å². The van der Waals surface area contributed by atoms with Crippen LogP contribution in [-0.4, -0.2) is 37.6 Å². The third-order valence-electron chi connectivity index (χ3n) is 5.93. The minimum Gasteiger partial charge on any atom is -0.493 e. The van der Waals surface area contributed by atoms with Crippen LogP contribution in [-0.2, 0) is 13.0 Å². The number of hydrogen-bond donors (Lipinski definition) is 1. The standard InChI is InChI=1S/C25H27FN2O4/c1-16(27-25(29)21-9-6-12-32-21)24-19-14-23(31-3)22(30-2)13-17(19)10-11-28(24)15-18-7-4-5-8-20(18)26/h4-9,12-14,16,24H,10-11,15H2,1-3H3,(H,27,29). The fraction of sp³-hybridized carbons (Fsp3) is 0.320. The van der Waals surface area contributed by atoms with Crippen LogP contribution < -0.4 is 14.8 Å². The zero-order chi connectivity index (χ0) is 22.7. The van der Waals surface area contributed by atoms with E-state index in [1.165, 1.54) is 12.3 Å². The summed E-state index contributed by atoms with van der Waals surface area (Å²) in [7, 11) is 3.21. The highest BCUT2D eigenvalue weighted by Gasteiger charge is 2.34. The third kappa shape index (κ3) is 4.34. The Balaban J connectivity index is 1.70. The molecule has 2 aromatic carbocycles. The lowest BCUT2D eigenvalue weighted by atomic mass is 9.87. The summed E-state index contributed by atoms with van der Waals surface area (Å²) in [5.74, 6) is 1.01. The smallest absolute Gasteiger partial charge is 0.287 e. The van der Waals surface area contributed by atoms with Gasteiger partial charge in [-0.1, -0.05) is 18.2 Å². The summed E-state index contributed by atoms with van der Waals surface area (Å²) in [6.45, 7) is 3.08. The summed E-state index contributed by atoms with van der Waals surface area (Å²) >= 11 is 0. The molecule has 1 amide bonds. The first-order valence-corrected chi connectivity index (χ1v) is 10.6. The van der Waals surface area contributed by atoms with Gasteiger partial charge in [-0.25, -0.2) is 4.39 Å². The van der Waals surface area contributed by atoms with Crippen molar-refractivity contribution < 1.29 is 23.1 Å². The first kappa shape index (κ1) is 21.9. The fourth-order valence-corrected chi connectivity index (χ4v) is 4.40. The quantitative estimate of drug-likeness (QED) is 0.594. The summed E-state index contributed by atoms with van der Waals surface area (Å²) in [5, 5.41) is 3.05. The molecule has 0 radical (unpaired) electrons. The molecule has 1 aliphatic heterocycles. The molecule has 0 spiro atoms. The van der Waals surface area contributed by atoms with Gasteiger partial charge in [0.25, 0.3) is 5.91 Å². The van der Waals surface area contributed by atoms with Gasteiger partial charge in [0.15, 0.2) is 17.3 Å². The van der Waals surface area contributed by atoms with Crippen molar-refractivity contribution >= 4 is 5.91 Å². The van der Waals surface area contributed by atoms with E-state index in [-0.39, 0.29) is 29.6 Å². The molecule has 2 heterocycles. The fourth-order valence-electron chi connectivity index (χ4n) is 4.40. The number of carbonyl (C=O) groups excluding carboxylic acids is 1. The maximum Gasteiger partial charge on any atom is 0.287 e. The van der Waals surface area contributed by atoms with Crippen LogP contribution in [0.15, 0.2) is 59.2 Å². The van der Waals surface area contributed by atoms with Crippen molar-refractivity contribution in [2.24, 2.45) is 0 Å². The average molecular weight is 438 g/mol. The van der Waals surface area contributed by atoms with Crippen LogP contribution in [0.2, 0.25) is 0 Å². The van der Waals surface area contributed by atoms with Crippen molar-refractivity contribution in [1.29, 1.82) is 0 Å². The number of furan rings is 1. The lowest BCUT2D eigenvalue weighted by Gasteiger charge is -2.41. The van der Waals surface area contributed by atoms with E-state index in [4.69, 9.17) is 13.9 Å². The first-order valence-electron chi connectivity index (χ1n) is 10.6. The van der Waals surface area contributed by atoms with Gasteiger partial charge in [0.05, 0.1) is 26.5 Å². The van der Waals surface area contributed by atoms with Crippen LogP contribution in [0.3, 0.4) is 0 Å². The number of methoxy groups -OCH3 is 2.